The van der Waals surface area contributed by atoms with Crippen LogP contribution in [0.3, 0.4) is 0 Å². The first kappa shape index (κ1) is 13.7. The van der Waals surface area contributed by atoms with Gasteiger partial charge in [-0.2, -0.15) is 0 Å². The lowest BCUT2D eigenvalue weighted by Crippen LogP contribution is -2.44. The monoisotopic (exact) mass is 267 g/mol. The average Bonchev–Trinajstić information content (AvgIpc) is 2.36. The molecule has 19 heavy (non-hydrogen) atoms. The number of nitrogens with two attached hydrogens (primary N) is 1. The minimum absolute atomic E-state index is 0.181. The van der Waals surface area contributed by atoms with E-state index in [-0.39, 0.29) is 11.9 Å². The van der Waals surface area contributed by atoms with E-state index < -0.39 is 11.2 Å². The second-order valence-corrected chi connectivity index (χ2v) is 5.27. The molecular weight excluding hydrogens is 246 g/mol. The van der Waals surface area contributed by atoms with Gasteiger partial charge in [-0.1, -0.05) is 0 Å². The van der Waals surface area contributed by atoms with Crippen molar-refractivity contribution < 1.29 is 0 Å². The summed E-state index contributed by atoms with van der Waals surface area (Å²) in [5.41, 5.74) is 5.18. The number of anilines is 2. The van der Waals surface area contributed by atoms with E-state index in [2.05, 4.69) is 29.2 Å². The quantitative estimate of drug-likeness (QED) is 0.674. The number of H-pyrrole nitrogens is 1. The molecule has 0 saturated carbocycles. The average molecular weight is 267 g/mol. The van der Waals surface area contributed by atoms with E-state index in [0.29, 0.717) is 11.7 Å². The number of hydrogen-bond donors (Lipinski definition) is 3. The van der Waals surface area contributed by atoms with Crippen LogP contribution in [-0.4, -0.2) is 40.1 Å². The molecule has 0 radical (unpaired) electrons. The lowest BCUT2D eigenvalue weighted by molar-refractivity contribution is 0.190. The van der Waals surface area contributed by atoms with Gasteiger partial charge in [0.1, 0.15) is 11.5 Å². The number of rotatable bonds is 2. The Labute approximate surface area is 111 Å². The highest BCUT2D eigenvalue weighted by molar-refractivity contribution is 5.60. The molecule has 1 aliphatic heterocycles. The maximum Gasteiger partial charge on any atom is 0.329 e. The Morgan fingerprint density at radius 1 is 1.37 bits per heavy atom. The van der Waals surface area contributed by atoms with Gasteiger partial charge >= 0.3 is 5.69 Å². The van der Waals surface area contributed by atoms with E-state index in [4.69, 9.17) is 5.73 Å². The third-order valence-corrected chi connectivity index (χ3v) is 3.93. The largest absolute Gasteiger partial charge is 0.383 e. The second kappa shape index (κ2) is 5.08. The minimum Gasteiger partial charge on any atom is -0.383 e. The van der Waals surface area contributed by atoms with Crippen molar-refractivity contribution in [3.8, 4) is 0 Å². The molecule has 1 saturated heterocycles. The van der Waals surface area contributed by atoms with Crippen molar-refractivity contribution in [3.63, 3.8) is 0 Å². The number of hydrogen-bond acceptors (Lipinski definition) is 5. The Balaban J connectivity index is 2.23. The summed E-state index contributed by atoms with van der Waals surface area (Å²) in [5.74, 6) is 0.181. The molecule has 2 rings (SSSR count). The fourth-order valence-electron chi connectivity index (χ4n) is 2.40. The zero-order chi connectivity index (χ0) is 14.2. The molecule has 7 nitrogen and oxygen atoms in total. The number of likely N-dealkylation sites (tertiary alicyclic amines) is 1. The number of nitrogens with one attached hydrogen (secondary N) is 2. The van der Waals surface area contributed by atoms with Gasteiger partial charge in [0.05, 0.1) is 0 Å². The van der Waals surface area contributed by atoms with Crippen molar-refractivity contribution in [3.05, 3.63) is 20.8 Å². The maximum atomic E-state index is 11.8. The highest BCUT2D eigenvalue weighted by atomic mass is 16.2. The number of aromatic amines is 1. The molecule has 7 heteroatoms. The van der Waals surface area contributed by atoms with Crippen molar-refractivity contribution in [2.45, 2.75) is 31.8 Å². The maximum absolute atomic E-state index is 11.8. The number of aromatic nitrogens is 2. The molecule has 0 amide bonds. The molecular formula is C12H21N5O2. The van der Waals surface area contributed by atoms with Crippen LogP contribution in [0.4, 0.5) is 11.5 Å². The van der Waals surface area contributed by atoms with E-state index in [1.165, 1.54) is 11.6 Å². The Bertz CT molecular complexity index is 576. The summed E-state index contributed by atoms with van der Waals surface area (Å²) in [6.07, 6.45) is 1.89. The first-order valence-electron chi connectivity index (χ1n) is 6.45. The molecule has 4 N–H and O–H groups in total. The standard InChI is InChI=1S/C12H21N5O2/c1-7-6-8(4-5-16(7)2)14-9-10(13)17(3)12(19)15-11(9)18/h7-8,14H,4-6,13H2,1-3H3,(H,15,18,19). The van der Waals surface area contributed by atoms with Crippen LogP contribution >= 0.6 is 0 Å². The number of nitrogen functional groups attached to an aromatic ring is 1. The zero-order valence-corrected chi connectivity index (χ0v) is 11.6. The molecule has 1 aliphatic rings. The van der Waals surface area contributed by atoms with Crippen LogP contribution in [0, 0.1) is 0 Å². The summed E-state index contributed by atoms with van der Waals surface area (Å²) < 4.78 is 1.24. The lowest BCUT2D eigenvalue weighted by Gasteiger charge is -2.35. The Hall–Kier alpha value is -1.76. The molecule has 2 heterocycles. The van der Waals surface area contributed by atoms with Crippen molar-refractivity contribution in [1.29, 1.82) is 0 Å². The van der Waals surface area contributed by atoms with Crippen LogP contribution in [0.15, 0.2) is 9.59 Å². The van der Waals surface area contributed by atoms with Crippen molar-refractivity contribution in [1.82, 2.24) is 14.5 Å². The van der Waals surface area contributed by atoms with E-state index >= 15 is 0 Å². The molecule has 0 aliphatic carbocycles. The molecule has 2 unspecified atom stereocenters. The summed E-state index contributed by atoms with van der Waals surface area (Å²) in [4.78, 5) is 27.7. The van der Waals surface area contributed by atoms with Crippen LogP contribution in [0.2, 0.25) is 0 Å². The van der Waals surface area contributed by atoms with Gasteiger partial charge in [-0.05, 0) is 26.8 Å². The van der Waals surface area contributed by atoms with E-state index in [0.717, 1.165) is 19.4 Å². The molecule has 1 fully saturated rings. The van der Waals surface area contributed by atoms with Crippen LogP contribution in [0.5, 0.6) is 0 Å². The summed E-state index contributed by atoms with van der Waals surface area (Å²) >= 11 is 0. The van der Waals surface area contributed by atoms with E-state index in [1.54, 1.807) is 0 Å². The normalized spacial score (nSPS) is 24.4. The molecule has 1 aromatic heterocycles. The molecule has 0 bridgehead atoms. The minimum atomic E-state index is -0.496. The highest BCUT2D eigenvalue weighted by Gasteiger charge is 2.24. The topological polar surface area (TPSA) is 96.1 Å². The third kappa shape index (κ3) is 2.65. The van der Waals surface area contributed by atoms with Crippen LogP contribution in [-0.2, 0) is 7.05 Å². The van der Waals surface area contributed by atoms with Gasteiger partial charge in [0.2, 0.25) is 0 Å². The summed E-state index contributed by atoms with van der Waals surface area (Å²) in [7, 11) is 3.63. The number of piperidine rings is 1. The third-order valence-electron chi connectivity index (χ3n) is 3.93. The zero-order valence-electron chi connectivity index (χ0n) is 11.6. The second-order valence-electron chi connectivity index (χ2n) is 5.27. The SMILES string of the molecule is CC1CC(Nc2c(N)n(C)c(=O)[nH]c2=O)CCN1C. The summed E-state index contributed by atoms with van der Waals surface area (Å²) in [6.45, 7) is 3.13. The summed E-state index contributed by atoms with van der Waals surface area (Å²) in [5, 5.41) is 3.18. The van der Waals surface area contributed by atoms with E-state index in [1.807, 2.05) is 0 Å². The first-order valence-corrected chi connectivity index (χ1v) is 6.45. The first-order chi connectivity index (χ1) is 8.90. The van der Waals surface area contributed by atoms with Crippen molar-refractivity contribution in [2.24, 2.45) is 7.05 Å². The molecule has 0 aromatic carbocycles. The van der Waals surface area contributed by atoms with Crippen molar-refractivity contribution >= 4 is 11.5 Å². The van der Waals surface area contributed by atoms with Crippen molar-refractivity contribution in [2.75, 3.05) is 24.6 Å². The van der Waals surface area contributed by atoms with Gasteiger partial charge in [0, 0.05) is 25.7 Å². The molecule has 106 valence electrons. The van der Waals surface area contributed by atoms with Gasteiger partial charge in [0.15, 0.2) is 0 Å². The van der Waals surface area contributed by atoms with Gasteiger partial charge in [-0.3, -0.25) is 14.3 Å². The highest BCUT2D eigenvalue weighted by Crippen LogP contribution is 2.20. The fraction of sp³-hybridized carbons (Fsp3) is 0.667. The van der Waals surface area contributed by atoms with Gasteiger partial charge in [0.25, 0.3) is 5.56 Å². The predicted octanol–water partition coefficient (Wildman–Crippen LogP) is -0.450. The van der Waals surface area contributed by atoms with Crippen LogP contribution < -0.4 is 22.3 Å². The molecule has 1 aromatic rings. The predicted molar refractivity (Wildman–Crippen MR) is 75.5 cm³/mol. The Morgan fingerprint density at radius 3 is 2.68 bits per heavy atom. The Morgan fingerprint density at radius 2 is 2.05 bits per heavy atom. The fourth-order valence-corrected chi connectivity index (χ4v) is 2.40. The van der Waals surface area contributed by atoms with Gasteiger partial charge in [-0.15, -0.1) is 0 Å². The molecule has 0 spiro atoms. The molecule has 2 atom stereocenters. The number of nitrogens with zero attached hydrogens (tertiary/aromatic N) is 2. The smallest absolute Gasteiger partial charge is 0.329 e. The lowest BCUT2D eigenvalue weighted by atomic mass is 9.99. The van der Waals surface area contributed by atoms with Gasteiger partial charge < -0.3 is 16.0 Å². The summed E-state index contributed by atoms with van der Waals surface area (Å²) in [6, 6.07) is 0.659. The van der Waals surface area contributed by atoms with Crippen LogP contribution in [0.25, 0.3) is 0 Å². The van der Waals surface area contributed by atoms with Gasteiger partial charge in [-0.25, -0.2) is 4.79 Å². The van der Waals surface area contributed by atoms with E-state index in [9.17, 15) is 9.59 Å². The van der Waals surface area contributed by atoms with Crippen LogP contribution in [0.1, 0.15) is 19.8 Å². The Kier molecular flexibility index (Phi) is 3.66.